The predicted octanol–water partition coefficient (Wildman–Crippen LogP) is 9.47. The van der Waals surface area contributed by atoms with Gasteiger partial charge in [0.1, 0.15) is 11.5 Å². The Morgan fingerprint density at radius 3 is 1.53 bits per heavy atom. The van der Waals surface area contributed by atoms with E-state index < -0.39 is 0 Å². The van der Waals surface area contributed by atoms with E-state index in [0.717, 1.165) is 19.3 Å². The van der Waals surface area contributed by atoms with E-state index in [1.807, 2.05) is 12.1 Å². The first-order chi connectivity index (χ1) is 16.6. The van der Waals surface area contributed by atoms with Gasteiger partial charge in [0.2, 0.25) is 0 Å². The van der Waals surface area contributed by atoms with Gasteiger partial charge >= 0.3 is 0 Å². The van der Waals surface area contributed by atoms with Gasteiger partial charge in [-0.3, -0.25) is 0 Å². The lowest BCUT2D eigenvalue weighted by molar-refractivity contribution is 0.396. The van der Waals surface area contributed by atoms with Crippen molar-refractivity contribution in [2.75, 3.05) is 0 Å². The van der Waals surface area contributed by atoms with Crippen molar-refractivity contribution in [1.82, 2.24) is 0 Å². The van der Waals surface area contributed by atoms with Crippen LogP contribution in [0.15, 0.2) is 36.4 Å². The van der Waals surface area contributed by atoms with E-state index in [1.54, 1.807) is 0 Å². The van der Waals surface area contributed by atoms with Crippen LogP contribution < -0.4 is 0 Å². The van der Waals surface area contributed by atoms with Gasteiger partial charge in [-0.15, -0.1) is 0 Å². The number of unbranched alkanes of at least 4 members (excludes halogenated alkanes) is 1. The van der Waals surface area contributed by atoms with Crippen molar-refractivity contribution < 1.29 is 10.2 Å². The molecule has 0 saturated heterocycles. The second kappa shape index (κ2) is 11.6. The molecule has 0 spiro atoms. The molecule has 0 heterocycles. The third-order valence-corrected chi connectivity index (χ3v) is 8.88. The molecule has 0 bridgehead atoms. The van der Waals surface area contributed by atoms with Gasteiger partial charge in [0.25, 0.3) is 0 Å². The smallest absolute Gasteiger partial charge is 0.119 e. The molecule has 0 unspecified atom stereocenters. The molecule has 0 amide bonds. The Morgan fingerprint density at radius 1 is 0.647 bits per heavy atom. The summed E-state index contributed by atoms with van der Waals surface area (Å²) in [5.74, 6) is 1.92. The van der Waals surface area contributed by atoms with Crippen LogP contribution in [0.1, 0.15) is 144 Å². The van der Waals surface area contributed by atoms with Crippen molar-refractivity contribution in [3.05, 3.63) is 58.7 Å². The highest BCUT2D eigenvalue weighted by Crippen LogP contribution is 2.47. The van der Waals surface area contributed by atoms with Crippen LogP contribution in [0.5, 0.6) is 11.5 Å². The normalized spacial score (nSPS) is 18.3. The van der Waals surface area contributed by atoms with Gasteiger partial charge in [-0.2, -0.15) is 0 Å². The zero-order chi connectivity index (χ0) is 24.0. The van der Waals surface area contributed by atoms with Crippen molar-refractivity contribution >= 4 is 0 Å². The number of hydrogen-bond donors (Lipinski definition) is 2. The second-order valence-electron chi connectivity index (χ2n) is 11.2. The molecule has 34 heavy (non-hydrogen) atoms. The van der Waals surface area contributed by atoms with Gasteiger partial charge in [0, 0.05) is 5.41 Å². The summed E-state index contributed by atoms with van der Waals surface area (Å²) in [6.07, 6.45) is 18.2. The van der Waals surface area contributed by atoms with Crippen LogP contribution in [0.3, 0.4) is 0 Å². The number of phenols is 2. The van der Waals surface area contributed by atoms with Crippen molar-refractivity contribution in [3.63, 3.8) is 0 Å². The highest BCUT2D eigenvalue weighted by molar-refractivity contribution is 5.49. The third-order valence-electron chi connectivity index (χ3n) is 8.88. The van der Waals surface area contributed by atoms with Crippen molar-refractivity contribution in [1.29, 1.82) is 0 Å². The number of aromatic hydroxyl groups is 2. The largest absolute Gasteiger partial charge is 0.508 e. The molecule has 2 aromatic carbocycles. The molecule has 0 atom stereocenters. The minimum absolute atomic E-state index is 0.0704. The minimum atomic E-state index is -0.0704. The zero-order valence-corrected chi connectivity index (χ0v) is 21.6. The molecule has 2 aliphatic carbocycles. The van der Waals surface area contributed by atoms with E-state index in [-0.39, 0.29) is 5.41 Å². The van der Waals surface area contributed by atoms with Crippen LogP contribution in [0.2, 0.25) is 0 Å². The van der Waals surface area contributed by atoms with E-state index in [0.29, 0.717) is 23.3 Å². The standard InChI is InChI=1S/C32H46O2/c1-3-5-21-32(20-4-2,26-16-18-30(33)28(22-26)24-12-8-6-9-13-24)27-17-19-31(34)29(23-27)25-14-10-7-11-15-25/h16-19,22-25,33-34H,3-15,20-21H2,1-2H3. The summed E-state index contributed by atoms with van der Waals surface area (Å²) in [6, 6.07) is 13.1. The molecular weight excluding hydrogens is 416 g/mol. The van der Waals surface area contributed by atoms with Gasteiger partial charge in [0.15, 0.2) is 0 Å². The Bertz CT molecular complexity index is 851. The molecule has 0 radical (unpaired) electrons. The highest BCUT2D eigenvalue weighted by atomic mass is 16.3. The maximum absolute atomic E-state index is 10.8. The summed E-state index contributed by atoms with van der Waals surface area (Å²) in [4.78, 5) is 0. The van der Waals surface area contributed by atoms with Crippen molar-refractivity contribution in [2.24, 2.45) is 0 Å². The molecule has 186 valence electrons. The van der Waals surface area contributed by atoms with Crippen LogP contribution in [-0.2, 0) is 5.41 Å². The van der Waals surface area contributed by atoms with E-state index in [1.165, 1.54) is 99.3 Å². The van der Waals surface area contributed by atoms with Crippen LogP contribution in [0.25, 0.3) is 0 Å². The molecule has 2 aromatic rings. The lowest BCUT2D eigenvalue weighted by atomic mass is 9.66. The van der Waals surface area contributed by atoms with E-state index >= 15 is 0 Å². The molecule has 2 aliphatic rings. The monoisotopic (exact) mass is 462 g/mol. The summed E-state index contributed by atoms with van der Waals surface area (Å²) in [6.45, 7) is 4.58. The number of rotatable bonds is 9. The average Bonchev–Trinajstić information content (AvgIpc) is 2.88. The van der Waals surface area contributed by atoms with Crippen LogP contribution in [0.4, 0.5) is 0 Å². The fourth-order valence-corrected chi connectivity index (χ4v) is 6.96. The van der Waals surface area contributed by atoms with Gasteiger partial charge in [-0.25, -0.2) is 0 Å². The number of hydrogen-bond acceptors (Lipinski definition) is 2. The highest BCUT2D eigenvalue weighted by Gasteiger charge is 2.35. The van der Waals surface area contributed by atoms with Gasteiger partial charge in [-0.1, -0.05) is 95.9 Å². The SMILES string of the molecule is CCCCC(CCC)(c1ccc(O)c(C2CCCCC2)c1)c1ccc(O)c(C2CCCCC2)c1. The first kappa shape index (κ1) is 25.1. The average molecular weight is 463 g/mol. The van der Waals surface area contributed by atoms with Gasteiger partial charge in [-0.05, 0) is 84.7 Å². The van der Waals surface area contributed by atoms with E-state index in [9.17, 15) is 10.2 Å². The molecule has 0 aromatic heterocycles. The molecule has 4 rings (SSSR count). The van der Waals surface area contributed by atoms with Crippen LogP contribution in [0, 0.1) is 0 Å². The summed E-state index contributed by atoms with van der Waals surface area (Å²) < 4.78 is 0. The van der Waals surface area contributed by atoms with Crippen LogP contribution in [-0.4, -0.2) is 10.2 Å². The quantitative estimate of drug-likeness (QED) is 0.389. The number of phenolic OH excluding ortho intramolecular Hbond substituents is 2. The lowest BCUT2D eigenvalue weighted by Crippen LogP contribution is -2.28. The molecule has 2 N–H and O–H groups in total. The second-order valence-corrected chi connectivity index (χ2v) is 11.2. The van der Waals surface area contributed by atoms with Gasteiger partial charge < -0.3 is 10.2 Å². The topological polar surface area (TPSA) is 40.5 Å². The van der Waals surface area contributed by atoms with Crippen LogP contribution >= 0.6 is 0 Å². The predicted molar refractivity (Wildman–Crippen MR) is 143 cm³/mol. The molecule has 2 heteroatoms. The summed E-state index contributed by atoms with van der Waals surface area (Å²) in [5, 5.41) is 21.7. The van der Waals surface area contributed by atoms with Crippen molar-refractivity contribution in [3.8, 4) is 11.5 Å². The lowest BCUT2D eigenvalue weighted by Gasteiger charge is -2.37. The summed E-state index contributed by atoms with van der Waals surface area (Å²) >= 11 is 0. The molecule has 0 aliphatic heterocycles. The zero-order valence-electron chi connectivity index (χ0n) is 21.6. The number of benzene rings is 2. The van der Waals surface area contributed by atoms with E-state index in [4.69, 9.17) is 0 Å². The Kier molecular flexibility index (Phi) is 8.61. The first-order valence-corrected chi connectivity index (χ1v) is 14.3. The Balaban J connectivity index is 1.81. The molecular formula is C32H46O2. The first-order valence-electron chi connectivity index (χ1n) is 14.3. The Hall–Kier alpha value is -1.96. The maximum atomic E-state index is 10.8. The van der Waals surface area contributed by atoms with E-state index in [2.05, 4.69) is 38.1 Å². The van der Waals surface area contributed by atoms with Crippen molar-refractivity contribution in [2.45, 2.75) is 127 Å². The van der Waals surface area contributed by atoms with Gasteiger partial charge in [0.05, 0.1) is 0 Å². The molecule has 2 fully saturated rings. The molecule has 2 saturated carbocycles. The Morgan fingerprint density at radius 2 is 1.12 bits per heavy atom. The summed E-state index contributed by atoms with van der Waals surface area (Å²) in [5.41, 5.74) is 4.99. The molecule has 2 nitrogen and oxygen atoms in total. The minimum Gasteiger partial charge on any atom is -0.508 e. The summed E-state index contributed by atoms with van der Waals surface area (Å²) in [7, 11) is 0. The fourth-order valence-electron chi connectivity index (χ4n) is 6.96. The Labute approximate surface area is 207 Å². The maximum Gasteiger partial charge on any atom is 0.119 e. The third kappa shape index (κ3) is 5.31. The fraction of sp³-hybridized carbons (Fsp3) is 0.625.